The van der Waals surface area contributed by atoms with Crippen molar-refractivity contribution in [1.82, 2.24) is 0 Å². The zero-order valence-corrected chi connectivity index (χ0v) is 9.17. The highest BCUT2D eigenvalue weighted by Gasteiger charge is 2.24. The molecule has 0 aromatic heterocycles. The Morgan fingerprint density at radius 3 is 2.50 bits per heavy atom. The van der Waals surface area contributed by atoms with Gasteiger partial charge < -0.3 is 5.11 Å². The zero-order valence-electron chi connectivity index (χ0n) is 9.17. The van der Waals surface area contributed by atoms with Gasteiger partial charge in [0.2, 0.25) is 0 Å². The molecule has 0 spiro atoms. The molecule has 1 N–H and O–H groups in total. The number of hydrogen-bond acceptors (Lipinski definition) is 1. The van der Waals surface area contributed by atoms with Crippen LogP contribution in [0.15, 0.2) is 0 Å². The van der Waals surface area contributed by atoms with Crippen LogP contribution in [0.4, 0.5) is 0 Å². The van der Waals surface area contributed by atoms with Gasteiger partial charge in [0.25, 0.3) is 0 Å². The highest BCUT2D eigenvalue weighted by atomic mass is 16.4. The molecule has 1 fully saturated rings. The maximum Gasteiger partial charge on any atom is 0.303 e. The predicted octanol–water partition coefficient (Wildman–Crippen LogP) is 3.46. The standard InChI is InChI=1S/C12H22O2/c1-2-6-11(9-12(13)14)10-7-4-3-5-8-10/h10-11H,2-9H2,1H3,(H,13,14). The minimum Gasteiger partial charge on any atom is -0.481 e. The topological polar surface area (TPSA) is 37.3 Å². The first-order chi connectivity index (χ1) is 6.74. The predicted molar refractivity (Wildman–Crippen MR) is 57.2 cm³/mol. The number of rotatable bonds is 5. The maximum atomic E-state index is 10.7. The Hall–Kier alpha value is -0.530. The van der Waals surface area contributed by atoms with Crippen molar-refractivity contribution in [3.8, 4) is 0 Å². The summed E-state index contributed by atoms with van der Waals surface area (Å²) in [5.74, 6) is 0.520. The van der Waals surface area contributed by atoms with Crippen LogP contribution < -0.4 is 0 Å². The van der Waals surface area contributed by atoms with Gasteiger partial charge in [-0.05, 0) is 18.3 Å². The smallest absolute Gasteiger partial charge is 0.303 e. The summed E-state index contributed by atoms with van der Waals surface area (Å²) >= 11 is 0. The van der Waals surface area contributed by atoms with Crippen molar-refractivity contribution < 1.29 is 9.90 Å². The van der Waals surface area contributed by atoms with Gasteiger partial charge in [0, 0.05) is 6.42 Å². The molecule has 0 aromatic carbocycles. The Balaban J connectivity index is 2.42. The van der Waals surface area contributed by atoms with Crippen LogP contribution in [-0.2, 0) is 4.79 Å². The second-order valence-electron chi connectivity index (χ2n) is 4.54. The number of carboxylic acid groups (broad SMARTS) is 1. The summed E-state index contributed by atoms with van der Waals surface area (Å²) in [5.41, 5.74) is 0. The molecule has 1 atom stereocenters. The largest absolute Gasteiger partial charge is 0.481 e. The molecular weight excluding hydrogens is 176 g/mol. The highest BCUT2D eigenvalue weighted by Crippen LogP contribution is 2.34. The van der Waals surface area contributed by atoms with Crippen LogP contribution in [0.2, 0.25) is 0 Å². The lowest BCUT2D eigenvalue weighted by molar-refractivity contribution is -0.138. The lowest BCUT2D eigenvalue weighted by Crippen LogP contribution is -2.20. The van der Waals surface area contributed by atoms with E-state index in [4.69, 9.17) is 5.11 Å². The number of carboxylic acids is 1. The Morgan fingerprint density at radius 1 is 1.36 bits per heavy atom. The monoisotopic (exact) mass is 198 g/mol. The van der Waals surface area contributed by atoms with Gasteiger partial charge in [-0.2, -0.15) is 0 Å². The van der Waals surface area contributed by atoms with Crippen LogP contribution in [0.5, 0.6) is 0 Å². The molecule has 0 aliphatic heterocycles. The molecule has 2 heteroatoms. The molecule has 0 radical (unpaired) electrons. The SMILES string of the molecule is CCCC(CC(=O)O)C1CCCCC1. The number of hydrogen-bond donors (Lipinski definition) is 1. The lowest BCUT2D eigenvalue weighted by atomic mass is 9.77. The van der Waals surface area contributed by atoms with E-state index in [1.807, 2.05) is 0 Å². The Bertz CT molecular complexity index is 171. The third kappa shape index (κ3) is 3.69. The van der Waals surface area contributed by atoms with Gasteiger partial charge in [0.1, 0.15) is 0 Å². The molecular formula is C12H22O2. The van der Waals surface area contributed by atoms with Crippen LogP contribution in [0.25, 0.3) is 0 Å². The fourth-order valence-corrected chi connectivity index (χ4v) is 2.71. The van der Waals surface area contributed by atoms with Crippen molar-refractivity contribution in [2.75, 3.05) is 0 Å². The molecule has 0 saturated heterocycles. The van der Waals surface area contributed by atoms with Crippen LogP contribution in [0.1, 0.15) is 58.3 Å². The second kappa shape index (κ2) is 6.05. The third-order valence-electron chi connectivity index (χ3n) is 3.41. The minimum absolute atomic E-state index is 0.387. The van der Waals surface area contributed by atoms with Crippen molar-refractivity contribution in [3.63, 3.8) is 0 Å². The minimum atomic E-state index is -0.617. The molecule has 0 aromatic rings. The molecule has 1 aliphatic rings. The maximum absolute atomic E-state index is 10.7. The molecule has 0 bridgehead atoms. The third-order valence-corrected chi connectivity index (χ3v) is 3.41. The molecule has 14 heavy (non-hydrogen) atoms. The molecule has 0 heterocycles. The van der Waals surface area contributed by atoms with E-state index < -0.39 is 5.97 Å². The molecule has 0 amide bonds. The molecule has 82 valence electrons. The number of carbonyl (C=O) groups is 1. The van der Waals surface area contributed by atoms with Crippen LogP contribution >= 0.6 is 0 Å². The molecule has 1 rings (SSSR count). The molecule has 1 saturated carbocycles. The summed E-state index contributed by atoms with van der Waals surface area (Å²) in [6, 6.07) is 0. The van der Waals surface area contributed by atoms with Gasteiger partial charge >= 0.3 is 5.97 Å². The van der Waals surface area contributed by atoms with Gasteiger partial charge in [0.15, 0.2) is 0 Å². The summed E-state index contributed by atoms with van der Waals surface area (Å²) in [4.78, 5) is 10.7. The second-order valence-corrected chi connectivity index (χ2v) is 4.54. The van der Waals surface area contributed by atoms with Crippen LogP contribution in [-0.4, -0.2) is 11.1 Å². The average Bonchev–Trinajstić information content (AvgIpc) is 2.18. The van der Waals surface area contributed by atoms with Gasteiger partial charge in [-0.3, -0.25) is 4.79 Å². The van der Waals surface area contributed by atoms with E-state index in [-0.39, 0.29) is 0 Å². The van der Waals surface area contributed by atoms with E-state index in [9.17, 15) is 4.79 Å². The van der Waals surface area contributed by atoms with E-state index in [2.05, 4.69) is 6.92 Å². The van der Waals surface area contributed by atoms with Crippen molar-refractivity contribution in [3.05, 3.63) is 0 Å². The quantitative estimate of drug-likeness (QED) is 0.734. The van der Waals surface area contributed by atoms with Crippen molar-refractivity contribution >= 4 is 5.97 Å². The van der Waals surface area contributed by atoms with Gasteiger partial charge in [-0.15, -0.1) is 0 Å². The van der Waals surface area contributed by atoms with Gasteiger partial charge in [0.05, 0.1) is 0 Å². The zero-order chi connectivity index (χ0) is 10.4. The Labute approximate surface area is 86.7 Å². The summed E-state index contributed by atoms with van der Waals surface area (Å²) in [6.07, 6.45) is 9.09. The number of aliphatic carboxylic acids is 1. The Morgan fingerprint density at radius 2 is 2.00 bits per heavy atom. The fourth-order valence-electron chi connectivity index (χ4n) is 2.71. The molecule has 1 unspecified atom stereocenters. The summed E-state index contributed by atoms with van der Waals surface area (Å²) in [6.45, 7) is 2.15. The van der Waals surface area contributed by atoms with Crippen LogP contribution in [0, 0.1) is 11.8 Å². The molecule has 1 aliphatic carbocycles. The van der Waals surface area contributed by atoms with Gasteiger partial charge in [-0.1, -0.05) is 45.4 Å². The molecule has 2 nitrogen and oxygen atoms in total. The van der Waals surface area contributed by atoms with E-state index in [1.54, 1.807) is 0 Å². The van der Waals surface area contributed by atoms with Crippen LogP contribution in [0.3, 0.4) is 0 Å². The van der Waals surface area contributed by atoms with Crippen molar-refractivity contribution in [2.45, 2.75) is 58.3 Å². The fraction of sp³-hybridized carbons (Fsp3) is 0.917. The first-order valence-electron chi connectivity index (χ1n) is 5.95. The van der Waals surface area contributed by atoms with E-state index in [1.165, 1.54) is 32.1 Å². The van der Waals surface area contributed by atoms with E-state index >= 15 is 0 Å². The summed E-state index contributed by atoms with van der Waals surface area (Å²) < 4.78 is 0. The van der Waals surface area contributed by atoms with Gasteiger partial charge in [-0.25, -0.2) is 0 Å². The lowest BCUT2D eigenvalue weighted by Gasteiger charge is -2.29. The van der Waals surface area contributed by atoms with E-state index in [0.717, 1.165) is 12.8 Å². The Kier molecular flexibility index (Phi) is 4.99. The summed E-state index contributed by atoms with van der Waals surface area (Å²) in [7, 11) is 0. The highest BCUT2D eigenvalue weighted by molar-refractivity contribution is 5.67. The normalized spacial score (nSPS) is 20.6. The average molecular weight is 198 g/mol. The summed E-state index contributed by atoms with van der Waals surface area (Å²) in [5, 5.41) is 8.84. The van der Waals surface area contributed by atoms with Crippen molar-refractivity contribution in [2.24, 2.45) is 11.8 Å². The first kappa shape index (κ1) is 11.5. The van der Waals surface area contributed by atoms with Crippen molar-refractivity contribution in [1.29, 1.82) is 0 Å². The van der Waals surface area contributed by atoms with E-state index in [0.29, 0.717) is 18.3 Å². The first-order valence-corrected chi connectivity index (χ1v) is 5.95.